The Morgan fingerprint density at radius 2 is 0.734 bits per heavy atom. The molecule has 2 saturated heterocycles. The van der Waals surface area contributed by atoms with E-state index in [-0.39, 0.29) is 28.6 Å². The maximum absolute atomic E-state index is 12.4. The van der Waals surface area contributed by atoms with Crippen molar-refractivity contribution < 1.29 is 52.6 Å². The number of anilines is 3. The quantitative estimate of drug-likeness (QED) is 0.0340. The highest BCUT2D eigenvalue weighted by molar-refractivity contribution is 7.92. The van der Waals surface area contributed by atoms with Crippen LogP contribution in [0.4, 0.5) is 17.1 Å². The number of aromatic nitrogens is 1. The van der Waals surface area contributed by atoms with E-state index in [1.54, 1.807) is 94.4 Å². The molecule has 0 radical (unpaired) electrons. The highest BCUT2D eigenvalue weighted by Gasteiger charge is 2.35. The molecule has 2 aliphatic rings. The minimum atomic E-state index is -3.17. The maximum atomic E-state index is 12.4. The third kappa shape index (κ3) is 31.3. The first-order chi connectivity index (χ1) is 60.4. The average molecular weight is 1840 g/mol. The van der Waals surface area contributed by atoms with Gasteiger partial charge in [0.25, 0.3) is 0 Å². The van der Waals surface area contributed by atoms with Crippen LogP contribution in [0.1, 0.15) is 210 Å². The molecule has 10 aromatic rings. The third-order valence-electron chi connectivity index (χ3n) is 24.5. The number of aryl methyl sites for hydroxylation is 9. The first-order valence-electron chi connectivity index (χ1n) is 46.0. The van der Waals surface area contributed by atoms with E-state index < -0.39 is 58.3 Å². The SMILES string of the molecule is CC(C)C1CN(c2ccc(CCc3ccc(CS(=O)(=O)C(C)(C)C)cc3)cc2)CCO1.CCC1(CC)CN(c2ccc(CCc3ccc(CS(=O)(=O)C(C)(C)C)cc3)cc2)CCO1.CCOCCN(CCOCC)c1ccc(CCc2ccc(CS(=O)(=O)C(C)(C)C)cc2)cc1.Cc1ccc2nc(-c3ccc(CCc4ccc(CS(=O)(=O)C(C)(C)C)cc4)cc3)sc2c1. The molecule has 16 nitrogen and oxygen atoms in total. The Hall–Kier alpha value is -8.09. The zero-order chi connectivity index (χ0) is 93.3. The number of hydrogen-bond acceptors (Lipinski definition) is 17. The van der Waals surface area contributed by atoms with Crippen LogP contribution in [0.2, 0.25) is 0 Å². The second-order valence-corrected chi connectivity index (χ2v) is 50.6. The summed E-state index contributed by atoms with van der Waals surface area (Å²) in [5.74, 6) is 0.890. The summed E-state index contributed by atoms with van der Waals surface area (Å²) in [5.41, 5.74) is 20.7. The van der Waals surface area contributed by atoms with Gasteiger partial charge in [-0.15, -0.1) is 11.3 Å². The molecule has 1 atom stereocenters. The number of morpholine rings is 2. The Morgan fingerprint density at radius 3 is 1.06 bits per heavy atom. The van der Waals surface area contributed by atoms with Crippen LogP contribution >= 0.6 is 11.3 Å². The molecule has 2 fully saturated rings. The zero-order valence-electron chi connectivity index (χ0n) is 80.0. The summed E-state index contributed by atoms with van der Waals surface area (Å²) in [6.45, 7) is 45.9. The summed E-state index contributed by atoms with van der Waals surface area (Å²) >= 11 is 1.73. The van der Waals surface area contributed by atoms with Crippen molar-refractivity contribution in [3.63, 3.8) is 0 Å². The standard InChI is InChI=1S/C27H41NO4S.C27H39NO3S.C27H29NO2S2.C26H37NO3S/c1-6-31-20-18-28(19-21-32-7-2)26-16-14-24(15-17-26)9-8-23-10-12-25(13-11-23)22-33(29,30)27(3,4)5;1-6-27(7-2)21-28(18-19-31-27)25-16-14-23(15-17-25)9-8-22-10-12-24(13-11-22)20-32(29,30)26(3,4)5;1-19-5-16-24-25(17-19)31-26(28-24)23-14-12-21(13-15-23)7-6-20-8-10-22(11-9-20)18-32(29,30)27(2,3)4;1-20(2)25-18-27(16-17-30-25)24-14-12-22(13-15-24)7-6-21-8-10-23(11-9-21)19-31(28,29)26(3,4)5/h10-17H,6-9,18-22H2,1-5H3;10-17H,6-9,18-21H2,1-5H3;5,8-17H,6-7,18H2,1-4H3;8-15,20,25H,6-7,16-19H2,1-5H3. The van der Waals surface area contributed by atoms with E-state index in [4.69, 9.17) is 23.9 Å². The molecule has 0 N–H and O–H groups in total. The minimum absolute atomic E-state index is 0.0186. The van der Waals surface area contributed by atoms with Crippen molar-refractivity contribution in [2.24, 2.45) is 5.92 Å². The fourth-order valence-electron chi connectivity index (χ4n) is 14.8. The Morgan fingerprint density at radius 1 is 0.422 bits per heavy atom. The zero-order valence-corrected chi connectivity index (χ0v) is 84.1. The lowest BCUT2D eigenvalue weighted by molar-refractivity contribution is -0.0605. The fraction of sp³-hybridized carbons (Fsp3) is 0.486. The first kappa shape index (κ1) is 104. The van der Waals surface area contributed by atoms with Crippen LogP contribution in [0.15, 0.2) is 212 Å². The summed E-state index contributed by atoms with van der Waals surface area (Å²) in [6.07, 6.45) is 9.94. The molecule has 3 heterocycles. The van der Waals surface area contributed by atoms with Gasteiger partial charge in [0.1, 0.15) is 5.01 Å². The van der Waals surface area contributed by atoms with Gasteiger partial charge in [-0.1, -0.05) is 191 Å². The number of nitrogens with zero attached hydrogens (tertiary/aromatic N) is 4. The Bertz CT molecular complexity index is 5530. The lowest BCUT2D eigenvalue weighted by Gasteiger charge is -2.43. The lowest BCUT2D eigenvalue weighted by Crippen LogP contribution is -2.51. The lowest BCUT2D eigenvalue weighted by atomic mass is 9.94. The van der Waals surface area contributed by atoms with Gasteiger partial charge in [0.15, 0.2) is 39.3 Å². The molecule has 0 spiro atoms. The number of thiazole rings is 1. The Labute approximate surface area is 774 Å². The number of fused-ring (bicyclic) bond motifs is 1. The molecule has 0 saturated carbocycles. The van der Waals surface area contributed by atoms with E-state index in [0.717, 1.165) is 168 Å². The van der Waals surface area contributed by atoms with Gasteiger partial charge in [0.05, 0.1) is 90.3 Å². The topological polar surface area (TPSA) is 196 Å². The molecule has 9 aromatic carbocycles. The number of sulfone groups is 4. The monoisotopic (exact) mass is 1840 g/mol. The summed E-state index contributed by atoms with van der Waals surface area (Å²) in [5, 5.41) is 1.05. The van der Waals surface area contributed by atoms with Crippen LogP contribution in [0.3, 0.4) is 0 Å². The van der Waals surface area contributed by atoms with Crippen molar-refractivity contribution in [2.45, 2.75) is 249 Å². The van der Waals surface area contributed by atoms with Crippen LogP contribution < -0.4 is 14.7 Å². The second kappa shape index (κ2) is 46.8. The van der Waals surface area contributed by atoms with Crippen molar-refractivity contribution in [2.75, 3.05) is 93.6 Å². The van der Waals surface area contributed by atoms with E-state index in [1.165, 1.54) is 71.8 Å². The Balaban J connectivity index is 0.000000193. The van der Waals surface area contributed by atoms with Gasteiger partial charge < -0.3 is 33.6 Å². The van der Waals surface area contributed by atoms with Gasteiger partial charge in [0.2, 0.25) is 0 Å². The molecule has 696 valence electrons. The van der Waals surface area contributed by atoms with Crippen molar-refractivity contribution in [3.8, 4) is 10.6 Å². The molecule has 12 rings (SSSR count). The predicted molar refractivity (Wildman–Crippen MR) is 537 cm³/mol. The van der Waals surface area contributed by atoms with E-state index >= 15 is 0 Å². The van der Waals surface area contributed by atoms with Crippen molar-refractivity contribution in [3.05, 3.63) is 285 Å². The summed E-state index contributed by atoms with van der Waals surface area (Å²) < 4.78 is 121. The highest BCUT2D eigenvalue weighted by Crippen LogP contribution is 2.34. The fourth-order valence-corrected chi connectivity index (χ4v) is 20.1. The van der Waals surface area contributed by atoms with Crippen LogP contribution in [0.5, 0.6) is 0 Å². The van der Waals surface area contributed by atoms with E-state index in [1.807, 2.05) is 86.6 Å². The summed E-state index contributed by atoms with van der Waals surface area (Å²) in [4.78, 5) is 11.9. The smallest absolute Gasteiger partial charge is 0.159 e. The van der Waals surface area contributed by atoms with Gasteiger partial charge in [-0.25, -0.2) is 38.7 Å². The number of hydrogen-bond donors (Lipinski definition) is 0. The molecule has 21 heteroatoms. The van der Waals surface area contributed by atoms with Gasteiger partial charge >= 0.3 is 0 Å². The third-order valence-corrected chi connectivity index (χ3v) is 35.9. The van der Waals surface area contributed by atoms with Crippen LogP contribution in [0.25, 0.3) is 20.8 Å². The molecule has 0 amide bonds. The van der Waals surface area contributed by atoms with Crippen LogP contribution in [-0.2, 0) is 133 Å². The number of rotatable bonds is 35. The summed E-state index contributed by atoms with van der Waals surface area (Å²) in [7, 11) is -12.6. The summed E-state index contributed by atoms with van der Waals surface area (Å²) in [6, 6.07) is 73.6. The molecule has 0 aliphatic carbocycles. The van der Waals surface area contributed by atoms with Gasteiger partial charge in [-0.2, -0.15) is 0 Å². The largest absolute Gasteiger partial charge is 0.380 e. The van der Waals surface area contributed by atoms with Crippen LogP contribution in [0, 0.1) is 12.8 Å². The van der Waals surface area contributed by atoms with E-state index in [0.29, 0.717) is 25.2 Å². The molecule has 128 heavy (non-hydrogen) atoms. The van der Waals surface area contributed by atoms with Crippen molar-refractivity contribution in [1.29, 1.82) is 0 Å². The highest BCUT2D eigenvalue weighted by atomic mass is 32.2. The normalized spacial score (nSPS) is 14.8. The van der Waals surface area contributed by atoms with Crippen LogP contribution in [-0.4, -0.2) is 148 Å². The molecular formula is C107H146N4O12S5. The predicted octanol–water partition coefficient (Wildman–Crippen LogP) is 22.5. The molecular weight excluding hydrogens is 1690 g/mol. The number of benzene rings is 9. The second-order valence-electron chi connectivity index (χ2n) is 38.6. The van der Waals surface area contributed by atoms with Crippen molar-refractivity contribution >= 4 is 78.0 Å². The van der Waals surface area contributed by atoms with Crippen molar-refractivity contribution in [1.82, 2.24) is 4.98 Å². The Kier molecular flexibility index (Phi) is 37.9. The minimum Gasteiger partial charge on any atom is -0.380 e. The average Bonchev–Trinajstić information content (AvgIpc) is 1.72. The maximum Gasteiger partial charge on any atom is 0.159 e. The molecule has 0 bridgehead atoms. The molecule has 1 unspecified atom stereocenters. The van der Waals surface area contributed by atoms with Gasteiger partial charge in [-0.05, 0) is 295 Å². The molecule has 2 aliphatic heterocycles. The van der Waals surface area contributed by atoms with E-state index in [9.17, 15) is 33.7 Å². The number of ether oxygens (including phenoxy) is 4. The van der Waals surface area contributed by atoms with Gasteiger partial charge in [0, 0.05) is 75.1 Å². The van der Waals surface area contributed by atoms with Gasteiger partial charge in [-0.3, -0.25) is 0 Å². The van der Waals surface area contributed by atoms with E-state index in [2.05, 4.69) is 189 Å². The first-order valence-corrected chi connectivity index (χ1v) is 53.4. The molecule has 1 aromatic heterocycles.